The van der Waals surface area contributed by atoms with E-state index in [0.29, 0.717) is 16.9 Å². The van der Waals surface area contributed by atoms with Crippen LogP contribution in [0.5, 0.6) is 5.75 Å². The van der Waals surface area contributed by atoms with Crippen LogP contribution in [0.3, 0.4) is 0 Å². The molecule has 0 aromatic heterocycles. The van der Waals surface area contributed by atoms with Crippen molar-refractivity contribution < 1.29 is 14.3 Å². The normalized spacial score (nSPS) is 10.7. The predicted molar refractivity (Wildman–Crippen MR) is 105 cm³/mol. The average molecular weight is 354 g/mol. The molecule has 0 heterocycles. The minimum absolute atomic E-state index is 0.0631. The zero-order valence-corrected chi connectivity index (χ0v) is 15.9. The summed E-state index contributed by atoms with van der Waals surface area (Å²) in [4.78, 5) is 24.4. The van der Waals surface area contributed by atoms with Gasteiger partial charge in [0, 0.05) is 22.9 Å². The van der Waals surface area contributed by atoms with E-state index in [-0.39, 0.29) is 23.8 Å². The summed E-state index contributed by atoms with van der Waals surface area (Å²) in [5.41, 5.74) is 2.78. The largest absolute Gasteiger partial charge is 0.491 e. The Kier molecular flexibility index (Phi) is 6.39. The second-order valence-corrected chi connectivity index (χ2v) is 6.82. The molecule has 138 valence electrons. The Labute approximate surface area is 154 Å². The number of aryl methyl sites for hydroxylation is 1. The first kappa shape index (κ1) is 19.5. The van der Waals surface area contributed by atoms with Gasteiger partial charge in [-0.2, -0.15) is 0 Å². The molecule has 0 bridgehead atoms. The number of carbonyl (C=O) groups is 2. The second kappa shape index (κ2) is 8.52. The molecular weight excluding hydrogens is 328 g/mol. The van der Waals surface area contributed by atoms with Crippen molar-refractivity contribution in [3.05, 3.63) is 53.6 Å². The van der Waals surface area contributed by atoms with E-state index in [4.69, 9.17) is 4.74 Å². The highest BCUT2D eigenvalue weighted by Crippen LogP contribution is 2.22. The fourth-order valence-electron chi connectivity index (χ4n) is 2.27. The van der Waals surface area contributed by atoms with Gasteiger partial charge in [-0.05, 0) is 62.7 Å². The topological polar surface area (TPSA) is 67.4 Å². The number of carbonyl (C=O) groups excluding carboxylic acids is 2. The Bertz CT molecular complexity index is 780. The van der Waals surface area contributed by atoms with Crippen molar-refractivity contribution >= 4 is 23.2 Å². The Morgan fingerprint density at radius 2 is 1.58 bits per heavy atom. The maximum atomic E-state index is 12.5. The Morgan fingerprint density at radius 1 is 0.923 bits per heavy atom. The van der Waals surface area contributed by atoms with Crippen LogP contribution in [0.1, 0.15) is 43.6 Å². The van der Waals surface area contributed by atoms with Crippen molar-refractivity contribution in [3.63, 3.8) is 0 Å². The van der Waals surface area contributed by atoms with E-state index in [2.05, 4.69) is 10.6 Å². The molecule has 5 nitrogen and oxygen atoms in total. The minimum Gasteiger partial charge on any atom is -0.491 e. The third kappa shape index (κ3) is 5.34. The van der Waals surface area contributed by atoms with E-state index in [0.717, 1.165) is 11.3 Å². The number of nitrogens with one attached hydrogen (secondary N) is 2. The van der Waals surface area contributed by atoms with Crippen LogP contribution >= 0.6 is 0 Å². The lowest BCUT2D eigenvalue weighted by Gasteiger charge is -2.13. The van der Waals surface area contributed by atoms with Crippen LogP contribution in [0.15, 0.2) is 42.5 Å². The molecule has 0 saturated carbocycles. The molecule has 0 radical (unpaired) electrons. The van der Waals surface area contributed by atoms with Crippen molar-refractivity contribution in [2.24, 2.45) is 5.92 Å². The molecule has 0 aliphatic rings. The zero-order valence-electron chi connectivity index (χ0n) is 15.9. The Balaban J connectivity index is 2.11. The quantitative estimate of drug-likeness (QED) is 0.795. The highest BCUT2D eigenvalue weighted by atomic mass is 16.5. The number of amides is 2. The first-order valence-electron chi connectivity index (χ1n) is 8.76. The summed E-state index contributed by atoms with van der Waals surface area (Å²) in [6.07, 6.45) is 0.0844. The molecule has 0 fully saturated rings. The molecule has 2 rings (SSSR count). The van der Waals surface area contributed by atoms with E-state index in [9.17, 15) is 9.59 Å². The lowest BCUT2D eigenvalue weighted by Crippen LogP contribution is -2.18. The van der Waals surface area contributed by atoms with Gasteiger partial charge in [0.2, 0.25) is 5.91 Å². The van der Waals surface area contributed by atoms with Crippen LogP contribution in [0.2, 0.25) is 0 Å². The van der Waals surface area contributed by atoms with Gasteiger partial charge in [0.15, 0.2) is 0 Å². The molecule has 2 aromatic rings. The fraction of sp³-hybridized carbons (Fsp3) is 0.333. The van der Waals surface area contributed by atoms with Gasteiger partial charge < -0.3 is 15.4 Å². The SMILES string of the molecule is Cc1ccc(NC(=O)C(C)C)cc1NC(=O)c1ccc(OC(C)C)cc1. The van der Waals surface area contributed by atoms with E-state index in [1.54, 1.807) is 30.3 Å². The predicted octanol–water partition coefficient (Wildman–Crippen LogP) is 4.63. The Hall–Kier alpha value is -2.82. The summed E-state index contributed by atoms with van der Waals surface area (Å²) in [7, 11) is 0. The van der Waals surface area contributed by atoms with Gasteiger partial charge >= 0.3 is 0 Å². The molecule has 0 aliphatic heterocycles. The van der Waals surface area contributed by atoms with Crippen molar-refractivity contribution in [2.45, 2.75) is 40.7 Å². The van der Waals surface area contributed by atoms with Crippen LogP contribution in [-0.4, -0.2) is 17.9 Å². The lowest BCUT2D eigenvalue weighted by molar-refractivity contribution is -0.118. The van der Waals surface area contributed by atoms with Gasteiger partial charge in [0.05, 0.1) is 6.10 Å². The van der Waals surface area contributed by atoms with Gasteiger partial charge in [0.25, 0.3) is 5.91 Å². The molecule has 2 N–H and O–H groups in total. The van der Waals surface area contributed by atoms with Gasteiger partial charge in [-0.1, -0.05) is 19.9 Å². The number of ether oxygens (including phenoxy) is 1. The molecular formula is C21H26N2O3. The number of hydrogen-bond acceptors (Lipinski definition) is 3. The van der Waals surface area contributed by atoms with Crippen LogP contribution in [0.25, 0.3) is 0 Å². The minimum atomic E-state index is -0.212. The molecule has 5 heteroatoms. The highest BCUT2D eigenvalue weighted by molar-refractivity contribution is 6.05. The van der Waals surface area contributed by atoms with Crippen LogP contribution < -0.4 is 15.4 Å². The number of hydrogen-bond donors (Lipinski definition) is 2. The van der Waals surface area contributed by atoms with E-state index >= 15 is 0 Å². The third-order valence-corrected chi connectivity index (χ3v) is 3.77. The first-order chi connectivity index (χ1) is 12.3. The number of anilines is 2. The molecule has 0 saturated heterocycles. The lowest BCUT2D eigenvalue weighted by atomic mass is 10.1. The molecule has 0 atom stereocenters. The standard InChI is InChI=1S/C21H26N2O3/c1-13(2)20(24)22-17-9-6-15(5)19(12-17)23-21(25)16-7-10-18(11-8-16)26-14(3)4/h6-14H,1-5H3,(H,22,24)(H,23,25). The maximum Gasteiger partial charge on any atom is 0.255 e. The second-order valence-electron chi connectivity index (χ2n) is 6.82. The fourth-order valence-corrected chi connectivity index (χ4v) is 2.27. The van der Waals surface area contributed by atoms with E-state index in [1.807, 2.05) is 46.8 Å². The van der Waals surface area contributed by atoms with Gasteiger partial charge in [-0.15, -0.1) is 0 Å². The summed E-state index contributed by atoms with van der Waals surface area (Å²) in [6.45, 7) is 9.48. The average Bonchev–Trinajstić information content (AvgIpc) is 2.57. The number of rotatable bonds is 6. The van der Waals surface area contributed by atoms with Crippen LogP contribution in [-0.2, 0) is 4.79 Å². The molecule has 0 unspecified atom stereocenters. The van der Waals surface area contributed by atoms with Crippen molar-refractivity contribution in [2.75, 3.05) is 10.6 Å². The first-order valence-corrected chi connectivity index (χ1v) is 8.76. The summed E-state index contributed by atoms with van der Waals surface area (Å²) < 4.78 is 5.59. The van der Waals surface area contributed by atoms with Gasteiger partial charge in [0.1, 0.15) is 5.75 Å². The van der Waals surface area contributed by atoms with Gasteiger partial charge in [-0.3, -0.25) is 9.59 Å². The third-order valence-electron chi connectivity index (χ3n) is 3.77. The highest BCUT2D eigenvalue weighted by Gasteiger charge is 2.11. The smallest absolute Gasteiger partial charge is 0.255 e. The molecule has 0 aliphatic carbocycles. The van der Waals surface area contributed by atoms with Crippen molar-refractivity contribution in [1.82, 2.24) is 0 Å². The van der Waals surface area contributed by atoms with Crippen LogP contribution in [0.4, 0.5) is 11.4 Å². The monoisotopic (exact) mass is 354 g/mol. The molecule has 26 heavy (non-hydrogen) atoms. The van der Waals surface area contributed by atoms with Crippen LogP contribution in [0, 0.1) is 12.8 Å². The van der Waals surface area contributed by atoms with Crippen molar-refractivity contribution in [1.29, 1.82) is 0 Å². The summed E-state index contributed by atoms with van der Waals surface area (Å²) >= 11 is 0. The molecule has 0 spiro atoms. The molecule has 2 aromatic carbocycles. The Morgan fingerprint density at radius 3 is 2.15 bits per heavy atom. The van der Waals surface area contributed by atoms with Gasteiger partial charge in [-0.25, -0.2) is 0 Å². The van der Waals surface area contributed by atoms with E-state index < -0.39 is 0 Å². The summed E-state index contributed by atoms with van der Waals surface area (Å²) in [5, 5.41) is 5.74. The maximum absolute atomic E-state index is 12.5. The summed E-state index contributed by atoms with van der Waals surface area (Å²) in [6, 6.07) is 12.5. The summed E-state index contributed by atoms with van der Waals surface area (Å²) in [5.74, 6) is 0.343. The van der Waals surface area contributed by atoms with Crippen molar-refractivity contribution in [3.8, 4) is 5.75 Å². The molecule has 2 amide bonds. The zero-order chi connectivity index (χ0) is 19.3. The number of benzene rings is 2. The van der Waals surface area contributed by atoms with E-state index in [1.165, 1.54) is 0 Å².